The SMILES string of the molecule is CCC(C=O)=C1CCC(C)CC1. The summed E-state index contributed by atoms with van der Waals surface area (Å²) in [5, 5.41) is 0. The van der Waals surface area contributed by atoms with Crippen molar-refractivity contribution in [1.82, 2.24) is 0 Å². The molecule has 0 aromatic rings. The Morgan fingerprint density at radius 2 is 2.08 bits per heavy atom. The summed E-state index contributed by atoms with van der Waals surface area (Å²) >= 11 is 0. The van der Waals surface area contributed by atoms with E-state index in [9.17, 15) is 4.79 Å². The van der Waals surface area contributed by atoms with E-state index in [1.165, 1.54) is 18.4 Å². The second-order valence-electron chi connectivity index (χ2n) is 3.78. The summed E-state index contributed by atoms with van der Waals surface area (Å²) in [7, 11) is 0. The van der Waals surface area contributed by atoms with Crippen molar-refractivity contribution >= 4 is 6.29 Å². The van der Waals surface area contributed by atoms with Crippen LogP contribution in [0, 0.1) is 5.92 Å². The zero-order valence-electron chi connectivity index (χ0n) is 8.10. The van der Waals surface area contributed by atoms with Crippen molar-refractivity contribution in [3.05, 3.63) is 11.1 Å². The van der Waals surface area contributed by atoms with Crippen LogP contribution < -0.4 is 0 Å². The molecule has 1 fully saturated rings. The highest BCUT2D eigenvalue weighted by molar-refractivity contribution is 5.74. The highest BCUT2D eigenvalue weighted by Gasteiger charge is 2.14. The van der Waals surface area contributed by atoms with Crippen LogP contribution in [0.25, 0.3) is 0 Å². The first kappa shape index (κ1) is 9.50. The first-order chi connectivity index (χ1) is 5.77. The molecule has 1 nitrogen and oxygen atoms in total. The van der Waals surface area contributed by atoms with Gasteiger partial charge in [-0.25, -0.2) is 0 Å². The Bertz CT molecular complexity index is 181. The van der Waals surface area contributed by atoms with Crippen molar-refractivity contribution in [1.29, 1.82) is 0 Å². The van der Waals surface area contributed by atoms with Crippen molar-refractivity contribution in [2.45, 2.75) is 46.0 Å². The van der Waals surface area contributed by atoms with Gasteiger partial charge in [-0.2, -0.15) is 0 Å². The molecule has 1 aliphatic carbocycles. The molecule has 1 saturated carbocycles. The quantitative estimate of drug-likeness (QED) is 0.455. The van der Waals surface area contributed by atoms with Gasteiger partial charge in [-0.3, -0.25) is 4.79 Å². The fourth-order valence-electron chi connectivity index (χ4n) is 1.85. The minimum absolute atomic E-state index is 0.860. The standard InChI is InChI=1S/C11H18O/c1-3-10(8-12)11-6-4-9(2)5-7-11/h8-9H,3-7H2,1-2H3. The average Bonchev–Trinajstić information content (AvgIpc) is 2.10. The third-order valence-electron chi connectivity index (χ3n) is 2.86. The molecule has 12 heavy (non-hydrogen) atoms. The molecule has 0 radical (unpaired) electrons. The van der Waals surface area contributed by atoms with Gasteiger partial charge in [0.15, 0.2) is 0 Å². The molecular weight excluding hydrogens is 148 g/mol. The predicted octanol–water partition coefficient (Wildman–Crippen LogP) is 3.10. The lowest BCUT2D eigenvalue weighted by atomic mass is 9.84. The average molecular weight is 166 g/mol. The topological polar surface area (TPSA) is 17.1 Å². The summed E-state index contributed by atoms with van der Waals surface area (Å²) in [6.07, 6.45) is 6.81. The van der Waals surface area contributed by atoms with E-state index in [1.54, 1.807) is 0 Å². The number of carbonyl (C=O) groups excluding carboxylic acids is 1. The molecule has 0 saturated heterocycles. The summed E-state index contributed by atoms with van der Waals surface area (Å²) in [5.41, 5.74) is 2.48. The van der Waals surface area contributed by atoms with Crippen LogP contribution in [0.15, 0.2) is 11.1 Å². The van der Waals surface area contributed by atoms with Crippen molar-refractivity contribution in [2.24, 2.45) is 5.92 Å². The first-order valence-corrected chi connectivity index (χ1v) is 4.94. The van der Waals surface area contributed by atoms with E-state index >= 15 is 0 Å². The minimum atomic E-state index is 0.860. The molecule has 0 aromatic heterocycles. The van der Waals surface area contributed by atoms with Crippen LogP contribution in [0.5, 0.6) is 0 Å². The van der Waals surface area contributed by atoms with Crippen LogP contribution in [-0.2, 0) is 4.79 Å². The number of rotatable bonds is 2. The van der Waals surface area contributed by atoms with Crippen molar-refractivity contribution in [3.8, 4) is 0 Å². The lowest BCUT2D eigenvalue weighted by Gasteiger charge is -2.21. The number of hydrogen-bond acceptors (Lipinski definition) is 1. The summed E-state index contributed by atoms with van der Waals surface area (Å²) < 4.78 is 0. The van der Waals surface area contributed by atoms with Gasteiger partial charge < -0.3 is 0 Å². The molecule has 0 aromatic carbocycles. The van der Waals surface area contributed by atoms with E-state index in [1.807, 2.05) is 0 Å². The van der Waals surface area contributed by atoms with Gasteiger partial charge in [-0.1, -0.05) is 19.4 Å². The Balaban J connectivity index is 2.62. The van der Waals surface area contributed by atoms with Crippen molar-refractivity contribution in [3.63, 3.8) is 0 Å². The molecule has 0 bridgehead atoms. The normalized spacial score (nSPS) is 23.8. The maximum Gasteiger partial charge on any atom is 0.145 e. The highest BCUT2D eigenvalue weighted by Crippen LogP contribution is 2.29. The number of hydrogen-bond donors (Lipinski definition) is 0. The fraction of sp³-hybridized carbons (Fsp3) is 0.727. The number of carbonyl (C=O) groups is 1. The largest absolute Gasteiger partial charge is 0.298 e. The Hall–Kier alpha value is -0.590. The molecule has 1 rings (SSSR count). The number of aldehydes is 1. The summed E-state index contributed by atoms with van der Waals surface area (Å²) in [4.78, 5) is 10.7. The van der Waals surface area contributed by atoms with Gasteiger partial charge in [0.05, 0.1) is 0 Å². The van der Waals surface area contributed by atoms with Crippen LogP contribution in [0.2, 0.25) is 0 Å². The van der Waals surface area contributed by atoms with Crippen LogP contribution in [0.3, 0.4) is 0 Å². The van der Waals surface area contributed by atoms with Gasteiger partial charge in [-0.15, -0.1) is 0 Å². The molecule has 0 N–H and O–H groups in total. The molecule has 68 valence electrons. The van der Waals surface area contributed by atoms with E-state index in [2.05, 4.69) is 13.8 Å². The first-order valence-electron chi connectivity index (χ1n) is 4.94. The van der Waals surface area contributed by atoms with E-state index in [-0.39, 0.29) is 0 Å². The minimum Gasteiger partial charge on any atom is -0.298 e. The maximum absolute atomic E-state index is 10.7. The van der Waals surface area contributed by atoms with Crippen LogP contribution >= 0.6 is 0 Å². The zero-order valence-corrected chi connectivity index (χ0v) is 8.10. The molecule has 1 heteroatoms. The van der Waals surface area contributed by atoms with Gasteiger partial charge in [-0.05, 0) is 43.6 Å². The van der Waals surface area contributed by atoms with Crippen LogP contribution in [-0.4, -0.2) is 6.29 Å². The van der Waals surface area contributed by atoms with Crippen LogP contribution in [0.4, 0.5) is 0 Å². The molecule has 0 amide bonds. The monoisotopic (exact) mass is 166 g/mol. The fourth-order valence-corrected chi connectivity index (χ4v) is 1.85. The third-order valence-corrected chi connectivity index (χ3v) is 2.86. The van der Waals surface area contributed by atoms with E-state index < -0.39 is 0 Å². The molecule has 1 aliphatic rings. The predicted molar refractivity (Wildman–Crippen MR) is 51.0 cm³/mol. The highest BCUT2D eigenvalue weighted by atomic mass is 16.1. The Morgan fingerprint density at radius 3 is 2.50 bits per heavy atom. The Labute approximate surface area is 74.9 Å². The second-order valence-corrected chi connectivity index (χ2v) is 3.78. The van der Waals surface area contributed by atoms with E-state index in [4.69, 9.17) is 0 Å². The van der Waals surface area contributed by atoms with Crippen LogP contribution in [0.1, 0.15) is 46.0 Å². The maximum atomic E-state index is 10.7. The molecular formula is C11H18O. The Kier molecular flexibility index (Phi) is 3.51. The van der Waals surface area contributed by atoms with Crippen molar-refractivity contribution in [2.75, 3.05) is 0 Å². The number of allylic oxidation sites excluding steroid dienone is 2. The molecule has 0 spiro atoms. The van der Waals surface area contributed by atoms with Gasteiger partial charge in [0.2, 0.25) is 0 Å². The molecule has 0 unspecified atom stereocenters. The lowest BCUT2D eigenvalue weighted by Crippen LogP contribution is -2.06. The molecule has 0 atom stereocenters. The summed E-state index contributed by atoms with van der Waals surface area (Å²) in [6.45, 7) is 4.36. The summed E-state index contributed by atoms with van der Waals surface area (Å²) in [6, 6.07) is 0. The van der Waals surface area contributed by atoms with Gasteiger partial charge in [0.1, 0.15) is 6.29 Å². The van der Waals surface area contributed by atoms with Crippen molar-refractivity contribution < 1.29 is 4.79 Å². The third kappa shape index (κ3) is 2.20. The smallest absolute Gasteiger partial charge is 0.145 e. The van der Waals surface area contributed by atoms with E-state index in [0.29, 0.717) is 0 Å². The van der Waals surface area contributed by atoms with Gasteiger partial charge in [0, 0.05) is 0 Å². The summed E-state index contributed by atoms with van der Waals surface area (Å²) in [5.74, 6) is 0.860. The Morgan fingerprint density at radius 1 is 1.50 bits per heavy atom. The lowest BCUT2D eigenvalue weighted by molar-refractivity contribution is -0.105. The van der Waals surface area contributed by atoms with Gasteiger partial charge >= 0.3 is 0 Å². The van der Waals surface area contributed by atoms with Gasteiger partial charge in [0.25, 0.3) is 0 Å². The molecule has 0 heterocycles. The molecule has 0 aliphatic heterocycles. The van der Waals surface area contributed by atoms with E-state index in [0.717, 1.165) is 37.0 Å². The zero-order chi connectivity index (χ0) is 8.97. The second kappa shape index (κ2) is 4.44.